The van der Waals surface area contributed by atoms with E-state index in [9.17, 15) is 5.21 Å². The first-order valence-corrected chi connectivity index (χ1v) is 4.46. The fourth-order valence-corrected chi connectivity index (χ4v) is 1.74. The summed E-state index contributed by atoms with van der Waals surface area (Å²) in [6, 6.07) is 0. The second-order valence-corrected chi connectivity index (χ2v) is 3.62. The lowest BCUT2D eigenvalue weighted by atomic mass is 9.80. The van der Waals surface area contributed by atoms with Gasteiger partial charge in [-0.15, -0.1) is 5.23 Å². The predicted octanol–water partition coefficient (Wildman–Crippen LogP) is 2.50. The van der Waals surface area contributed by atoms with Crippen LogP contribution in [0.2, 0.25) is 0 Å². The summed E-state index contributed by atoms with van der Waals surface area (Å²) in [5, 5.41) is 10.2. The highest BCUT2D eigenvalue weighted by Gasteiger charge is 2.29. The molecule has 0 aromatic rings. The first-order valence-electron chi connectivity index (χ1n) is 4.46. The molecule has 1 N–H and O–H groups in total. The fourth-order valence-electron chi connectivity index (χ4n) is 1.74. The molecule has 0 fully saturated rings. The maximum Gasteiger partial charge on any atom is 0.101 e. The third-order valence-corrected chi connectivity index (χ3v) is 2.52. The van der Waals surface area contributed by atoms with Crippen LogP contribution in [0.5, 0.6) is 0 Å². The predicted molar refractivity (Wildman–Crippen MR) is 50.9 cm³/mol. The lowest BCUT2D eigenvalue weighted by Gasteiger charge is -2.33. The molecule has 0 saturated heterocycles. The van der Waals surface area contributed by atoms with Crippen molar-refractivity contribution in [1.29, 1.82) is 0 Å². The van der Waals surface area contributed by atoms with E-state index >= 15 is 0 Å². The Bertz CT molecular complexity index is 277. The quantitative estimate of drug-likeness (QED) is 0.682. The minimum Gasteiger partial charge on any atom is -0.264 e. The Hall–Kier alpha value is -0.800. The van der Waals surface area contributed by atoms with Gasteiger partial charge in [0.25, 0.3) is 0 Å². The third-order valence-electron chi connectivity index (χ3n) is 2.52. The van der Waals surface area contributed by atoms with E-state index in [0.717, 1.165) is 16.5 Å². The largest absolute Gasteiger partial charge is 0.264 e. The molecule has 1 aliphatic carbocycles. The summed E-state index contributed by atoms with van der Waals surface area (Å²) in [5.41, 5.74) is 4.37. The molecule has 0 saturated carbocycles. The second-order valence-electron chi connectivity index (χ2n) is 3.62. The van der Waals surface area contributed by atoms with Crippen molar-refractivity contribution in [2.75, 3.05) is 7.11 Å². The van der Waals surface area contributed by atoms with Crippen molar-refractivity contribution in [2.45, 2.75) is 27.7 Å². The monoisotopic (exact) mass is 183 g/mol. The average Bonchev–Trinajstić information content (AvgIpc) is 2.10. The molecule has 13 heavy (non-hydrogen) atoms. The van der Waals surface area contributed by atoms with E-state index in [1.54, 1.807) is 0 Å². The minimum atomic E-state index is 0.420. The van der Waals surface area contributed by atoms with Gasteiger partial charge in [-0.1, -0.05) is 13.8 Å². The second kappa shape index (κ2) is 3.52. The first kappa shape index (κ1) is 10.3. The van der Waals surface area contributed by atoms with Crippen LogP contribution in [0.25, 0.3) is 0 Å². The highest BCUT2D eigenvalue weighted by Crippen LogP contribution is 2.40. The van der Waals surface area contributed by atoms with E-state index < -0.39 is 0 Å². The number of hydrogen-bond acceptors (Lipinski definition) is 3. The van der Waals surface area contributed by atoms with Crippen LogP contribution in [0.15, 0.2) is 22.4 Å². The molecule has 0 bridgehead atoms. The summed E-state index contributed by atoms with van der Waals surface area (Å²) in [7, 11) is 1.45. The Labute approximate surface area is 79.2 Å². The molecule has 74 valence electrons. The van der Waals surface area contributed by atoms with Gasteiger partial charge in [-0.3, -0.25) is 10.0 Å². The van der Waals surface area contributed by atoms with Crippen molar-refractivity contribution >= 4 is 0 Å². The van der Waals surface area contributed by atoms with Gasteiger partial charge in [-0.05, 0) is 36.5 Å². The van der Waals surface area contributed by atoms with Gasteiger partial charge in [0.1, 0.15) is 5.70 Å². The molecule has 3 nitrogen and oxygen atoms in total. The molecule has 0 unspecified atom stereocenters. The Morgan fingerprint density at radius 3 is 2.15 bits per heavy atom. The molecule has 0 aromatic carbocycles. The summed E-state index contributed by atoms with van der Waals surface area (Å²) in [5.74, 6) is 0.420. The van der Waals surface area contributed by atoms with E-state index in [1.165, 1.54) is 18.3 Å². The van der Waals surface area contributed by atoms with Crippen molar-refractivity contribution in [3.8, 4) is 0 Å². The number of hydroxylamine groups is 2. The van der Waals surface area contributed by atoms with Crippen molar-refractivity contribution in [2.24, 2.45) is 5.92 Å². The third kappa shape index (κ3) is 1.49. The highest BCUT2D eigenvalue weighted by molar-refractivity contribution is 5.57. The lowest BCUT2D eigenvalue weighted by Crippen LogP contribution is -2.27. The molecule has 3 heteroatoms. The Balaban J connectivity index is 2.93. The van der Waals surface area contributed by atoms with Crippen LogP contribution < -0.4 is 0 Å². The summed E-state index contributed by atoms with van der Waals surface area (Å²) in [6.07, 6.45) is 0. The molecule has 0 aliphatic heterocycles. The fraction of sp³-hybridized carbons (Fsp3) is 0.600. The molecule has 0 radical (unpaired) electrons. The van der Waals surface area contributed by atoms with Gasteiger partial charge in [-0.2, -0.15) is 0 Å². The summed E-state index contributed by atoms with van der Waals surface area (Å²) >= 11 is 0. The number of allylic oxidation sites excluding steroid dienone is 3. The van der Waals surface area contributed by atoms with Crippen LogP contribution in [0.3, 0.4) is 0 Å². The van der Waals surface area contributed by atoms with Crippen LogP contribution in [-0.4, -0.2) is 17.5 Å². The molecule has 1 aliphatic rings. The average molecular weight is 183 g/mol. The van der Waals surface area contributed by atoms with Crippen LogP contribution in [0, 0.1) is 5.92 Å². The van der Waals surface area contributed by atoms with Crippen molar-refractivity contribution in [1.82, 2.24) is 5.23 Å². The Kier molecular flexibility index (Phi) is 2.78. The van der Waals surface area contributed by atoms with Crippen molar-refractivity contribution in [3.05, 3.63) is 22.4 Å². The Morgan fingerprint density at radius 2 is 1.77 bits per heavy atom. The number of rotatable bonds is 3. The van der Waals surface area contributed by atoms with Crippen LogP contribution in [0.1, 0.15) is 27.7 Å². The number of nitrogens with zero attached hydrogens (tertiary/aromatic N) is 1. The zero-order valence-corrected chi connectivity index (χ0v) is 8.88. The Morgan fingerprint density at radius 1 is 1.23 bits per heavy atom. The smallest absolute Gasteiger partial charge is 0.101 e. The molecule has 0 atom stereocenters. The zero-order valence-electron chi connectivity index (χ0n) is 8.88. The first-order chi connectivity index (χ1) is 6.00. The maximum absolute atomic E-state index is 9.40. The summed E-state index contributed by atoms with van der Waals surface area (Å²) in [6.45, 7) is 8.26. The van der Waals surface area contributed by atoms with Gasteiger partial charge in [0.2, 0.25) is 0 Å². The molecule has 1 rings (SSSR count). The van der Waals surface area contributed by atoms with E-state index in [-0.39, 0.29) is 0 Å². The van der Waals surface area contributed by atoms with E-state index in [0.29, 0.717) is 5.92 Å². The van der Waals surface area contributed by atoms with E-state index in [4.69, 9.17) is 4.84 Å². The molecule has 0 aromatic heterocycles. The van der Waals surface area contributed by atoms with Gasteiger partial charge < -0.3 is 0 Å². The van der Waals surface area contributed by atoms with Gasteiger partial charge >= 0.3 is 0 Å². The zero-order chi connectivity index (χ0) is 10.2. The standard InChI is InChI=1S/C10H17NO2/c1-6(2)9-7(3)8(4)10(9)11(12)13-5/h6,12H,1-5H3. The molecular weight excluding hydrogens is 166 g/mol. The SMILES string of the molecule is CON(O)C1=C(C(C)C)C(C)=C1C. The number of hydrogen-bond donors (Lipinski definition) is 1. The minimum absolute atomic E-state index is 0.420. The maximum atomic E-state index is 9.40. The van der Waals surface area contributed by atoms with Crippen LogP contribution >= 0.6 is 0 Å². The molecule has 0 spiro atoms. The van der Waals surface area contributed by atoms with Gasteiger partial charge in [-0.25, -0.2) is 0 Å². The van der Waals surface area contributed by atoms with Crippen molar-refractivity contribution in [3.63, 3.8) is 0 Å². The summed E-state index contributed by atoms with van der Waals surface area (Å²) in [4.78, 5) is 4.75. The highest BCUT2D eigenvalue weighted by atomic mass is 16.9. The molecule has 0 amide bonds. The van der Waals surface area contributed by atoms with E-state index in [2.05, 4.69) is 20.8 Å². The van der Waals surface area contributed by atoms with Crippen molar-refractivity contribution < 1.29 is 10.0 Å². The lowest BCUT2D eigenvalue weighted by molar-refractivity contribution is -0.298. The summed E-state index contributed by atoms with van der Waals surface area (Å²) < 4.78 is 0. The van der Waals surface area contributed by atoms with E-state index in [1.807, 2.05) is 6.92 Å². The topological polar surface area (TPSA) is 32.7 Å². The van der Waals surface area contributed by atoms with Crippen LogP contribution in [0.4, 0.5) is 0 Å². The van der Waals surface area contributed by atoms with Gasteiger partial charge in [0.15, 0.2) is 0 Å². The van der Waals surface area contributed by atoms with Gasteiger partial charge in [0, 0.05) is 0 Å². The normalized spacial score (nSPS) is 16.8. The molecule has 0 heterocycles. The molecular formula is C10H17NO2. The van der Waals surface area contributed by atoms with Crippen LogP contribution in [-0.2, 0) is 4.84 Å². The van der Waals surface area contributed by atoms with Gasteiger partial charge in [0.05, 0.1) is 7.11 Å².